The Morgan fingerprint density at radius 1 is 1.67 bits per heavy atom. The quantitative estimate of drug-likeness (QED) is 0.439. The second kappa shape index (κ2) is 6.26. The Bertz CT molecular complexity index is 333. The number of carbonyl (C=O) groups excluding carboxylic acids is 1. The van der Waals surface area contributed by atoms with Crippen molar-refractivity contribution in [2.75, 3.05) is 18.3 Å². The molecule has 1 aromatic rings. The molecule has 6 heteroatoms. The minimum atomic E-state index is -0.229. The number of methoxy groups -OCH3 is 1. The van der Waals surface area contributed by atoms with Gasteiger partial charge in [0, 0.05) is 5.75 Å². The fourth-order valence-corrected chi connectivity index (χ4v) is 1.69. The highest BCUT2D eigenvalue weighted by atomic mass is 32.2. The van der Waals surface area contributed by atoms with E-state index in [4.69, 9.17) is 5.84 Å². The predicted molar refractivity (Wildman–Crippen MR) is 60.2 cm³/mol. The molecule has 0 spiro atoms. The van der Waals surface area contributed by atoms with Gasteiger partial charge in [-0.3, -0.25) is 4.79 Å². The van der Waals surface area contributed by atoms with Gasteiger partial charge in [-0.25, -0.2) is 10.8 Å². The number of carbonyl (C=O) groups is 1. The fraction of sp³-hybridized carbons (Fsp3) is 0.333. The molecular formula is C9H13N3O2S. The van der Waals surface area contributed by atoms with Crippen molar-refractivity contribution in [2.24, 2.45) is 5.84 Å². The molecule has 0 aliphatic carbocycles. The standard InChI is InChI=1S/C9H13N3O2S/c1-14-9(13)6-15-5-7-3-2-4-8(11-7)12-10/h2-4H,5-6,10H2,1H3,(H,11,12). The van der Waals surface area contributed by atoms with Crippen molar-refractivity contribution in [1.29, 1.82) is 0 Å². The van der Waals surface area contributed by atoms with Crippen molar-refractivity contribution in [3.63, 3.8) is 0 Å². The topological polar surface area (TPSA) is 77.2 Å². The van der Waals surface area contributed by atoms with Gasteiger partial charge in [0.15, 0.2) is 0 Å². The Hall–Kier alpha value is -1.27. The fourth-order valence-electron chi connectivity index (χ4n) is 0.938. The van der Waals surface area contributed by atoms with Crippen LogP contribution in [0.15, 0.2) is 18.2 Å². The third-order valence-corrected chi connectivity index (χ3v) is 2.59. The average molecular weight is 227 g/mol. The van der Waals surface area contributed by atoms with Gasteiger partial charge in [0.1, 0.15) is 5.82 Å². The SMILES string of the molecule is COC(=O)CSCc1cccc(NN)n1. The van der Waals surface area contributed by atoms with Crippen LogP contribution < -0.4 is 11.3 Å². The summed E-state index contributed by atoms with van der Waals surface area (Å²) in [7, 11) is 1.38. The molecule has 1 rings (SSSR count). The van der Waals surface area contributed by atoms with Gasteiger partial charge in [-0.1, -0.05) is 6.07 Å². The molecule has 0 amide bonds. The molecule has 1 aromatic heterocycles. The number of hydrazine groups is 1. The number of aromatic nitrogens is 1. The van der Waals surface area contributed by atoms with Gasteiger partial charge in [-0.15, -0.1) is 11.8 Å². The van der Waals surface area contributed by atoms with Crippen molar-refractivity contribution >= 4 is 23.5 Å². The van der Waals surface area contributed by atoms with E-state index in [9.17, 15) is 4.79 Å². The molecule has 0 bridgehead atoms. The van der Waals surface area contributed by atoms with E-state index in [0.29, 0.717) is 17.3 Å². The number of nitrogens with zero attached hydrogens (tertiary/aromatic N) is 1. The van der Waals surface area contributed by atoms with E-state index >= 15 is 0 Å². The van der Waals surface area contributed by atoms with Crippen LogP contribution in [-0.2, 0) is 15.3 Å². The van der Waals surface area contributed by atoms with Gasteiger partial charge in [0.2, 0.25) is 0 Å². The lowest BCUT2D eigenvalue weighted by Crippen LogP contribution is -2.09. The summed E-state index contributed by atoms with van der Waals surface area (Å²) in [6, 6.07) is 5.51. The molecule has 0 aromatic carbocycles. The maximum atomic E-state index is 10.8. The average Bonchev–Trinajstić information content (AvgIpc) is 2.29. The Labute approximate surface area is 92.4 Å². The molecule has 1 heterocycles. The van der Waals surface area contributed by atoms with Crippen molar-refractivity contribution in [2.45, 2.75) is 5.75 Å². The largest absolute Gasteiger partial charge is 0.468 e. The Morgan fingerprint density at radius 3 is 3.13 bits per heavy atom. The number of pyridine rings is 1. The number of ether oxygens (including phenoxy) is 1. The van der Waals surface area contributed by atoms with E-state index in [0.717, 1.165) is 5.69 Å². The number of nitrogen functional groups attached to an aromatic ring is 1. The molecule has 0 saturated carbocycles. The van der Waals surface area contributed by atoms with Crippen LogP contribution in [0.2, 0.25) is 0 Å². The van der Waals surface area contributed by atoms with Gasteiger partial charge in [0.25, 0.3) is 0 Å². The number of nitrogens with two attached hydrogens (primary N) is 1. The molecular weight excluding hydrogens is 214 g/mol. The van der Waals surface area contributed by atoms with Crippen LogP contribution in [0.3, 0.4) is 0 Å². The molecule has 0 saturated heterocycles. The van der Waals surface area contributed by atoms with Crippen molar-refractivity contribution in [3.8, 4) is 0 Å². The summed E-state index contributed by atoms with van der Waals surface area (Å²) in [6.45, 7) is 0. The van der Waals surface area contributed by atoms with Crippen LogP contribution in [0, 0.1) is 0 Å². The summed E-state index contributed by atoms with van der Waals surface area (Å²) in [5, 5.41) is 0. The molecule has 0 aliphatic rings. The summed E-state index contributed by atoms with van der Waals surface area (Å²) in [4.78, 5) is 15.0. The molecule has 15 heavy (non-hydrogen) atoms. The van der Waals surface area contributed by atoms with E-state index in [1.54, 1.807) is 6.07 Å². The van der Waals surface area contributed by atoms with E-state index in [-0.39, 0.29) is 5.97 Å². The highest BCUT2D eigenvalue weighted by Crippen LogP contribution is 2.12. The Morgan fingerprint density at radius 2 is 2.47 bits per heavy atom. The molecule has 0 unspecified atom stereocenters. The molecule has 3 N–H and O–H groups in total. The van der Waals surface area contributed by atoms with Crippen LogP contribution in [0.1, 0.15) is 5.69 Å². The summed E-state index contributed by atoms with van der Waals surface area (Å²) in [5.41, 5.74) is 3.34. The first-order valence-electron chi connectivity index (χ1n) is 4.33. The molecule has 5 nitrogen and oxygen atoms in total. The number of hydrogen-bond donors (Lipinski definition) is 2. The molecule has 0 aliphatic heterocycles. The summed E-state index contributed by atoms with van der Waals surface area (Å²) < 4.78 is 4.52. The Balaban J connectivity index is 2.40. The second-order valence-corrected chi connectivity index (χ2v) is 3.71. The van der Waals surface area contributed by atoms with E-state index in [1.165, 1.54) is 18.9 Å². The number of thioether (sulfide) groups is 1. The second-order valence-electron chi connectivity index (χ2n) is 2.73. The monoisotopic (exact) mass is 227 g/mol. The van der Waals surface area contributed by atoms with Crippen molar-refractivity contribution in [1.82, 2.24) is 4.98 Å². The van der Waals surface area contributed by atoms with Crippen LogP contribution >= 0.6 is 11.8 Å². The van der Waals surface area contributed by atoms with Gasteiger partial charge in [0.05, 0.1) is 18.6 Å². The van der Waals surface area contributed by atoms with Crippen molar-refractivity contribution < 1.29 is 9.53 Å². The van der Waals surface area contributed by atoms with Crippen molar-refractivity contribution in [3.05, 3.63) is 23.9 Å². The van der Waals surface area contributed by atoms with Gasteiger partial charge in [-0.2, -0.15) is 0 Å². The molecule has 82 valence electrons. The third-order valence-electron chi connectivity index (χ3n) is 1.65. The minimum absolute atomic E-state index is 0.229. The smallest absolute Gasteiger partial charge is 0.315 e. The van der Waals surface area contributed by atoms with Crippen LogP contribution in [0.25, 0.3) is 0 Å². The third kappa shape index (κ3) is 4.18. The summed E-state index contributed by atoms with van der Waals surface area (Å²) in [6.07, 6.45) is 0. The molecule has 0 radical (unpaired) electrons. The maximum Gasteiger partial charge on any atom is 0.315 e. The van der Waals surface area contributed by atoms with Gasteiger partial charge >= 0.3 is 5.97 Å². The summed E-state index contributed by atoms with van der Waals surface area (Å²) in [5.74, 6) is 6.60. The van der Waals surface area contributed by atoms with E-state index in [1.807, 2.05) is 12.1 Å². The first-order valence-corrected chi connectivity index (χ1v) is 5.49. The zero-order valence-corrected chi connectivity index (χ0v) is 9.21. The first kappa shape index (κ1) is 11.8. The number of esters is 1. The van der Waals surface area contributed by atoms with E-state index < -0.39 is 0 Å². The van der Waals surface area contributed by atoms with Gasteiger partial charge in [-0.05, 0) is 12.1 Å². The zero-order chi connectivity index (χ0) is 11.1. The maximum absolute atomic E-state index is 10.8. The summed E-state index contributed by atoms with van der Waals surface area (Å²) >= 11 is 1.45. The number of nitrogens with one attached hydrogen (secondary N) is 1. The van der Waals surface area contributed by atoms with Crippen LogP contribution in [0.5, 0.6) is 0 Å². The van der Waals surface area contributed by atoms with Crippen LogP contribution in [-0.4, -0.2) is 23.8 Å². The minimum Gasteiger partial charge on any atom is -0.468 e. The number of anilines is 1. The number of hydrogen-bond acceptors (Lipinski definition) is 6. The van der Waals surface area contributed by atoms with E-state index in [2.05, 4.69) is 15.1 Å². The highest BCUT2D eigenvalue weighted by molar-refractivity contribution is 7.99. The van der Waals surface area contributed by atoms with Crippen LogP contribution in [0.4, 0.5) is 5.82 Å². The first-order chi connectivity index (χ1) is 7.26. The molecule has 0 fully saturated rings. The van der Waals surface area contributed by atoms with Gasteiger partial charge < -0.3 is 10.2 Å². The lowest BCUT2D eigenvalue weighted by Gasteiger charge is -2.03. The Kier molecular flexibility index (Phi) is 4.92. The lowest BCUT2D eigenvalue weighted by molar-refractivity contribution is -0.137. The number of rotatable bonds is 5. The predicted octanol–water partition coefficient (Wildman–Crippen LogP) is 0.773. The zero-order valence-electron chi connectivity index (χ0n) is 8.40. The highest BCUT2D eigenvalue weighted by Gasteiger charge is 2.01. The normalized spacial score (nSPS) is 9.73. The molecule has 0 atom stereocenters. The lowest BCUT2D eigenvalue weighted by atomic mass is 10.4.